The van der Waals surface area contributed by atoms with E-state index in [1.165, 1.54) is 23.5 Å². The molecule has 0 saturated heterocycles. The standard InChI is InChI=1S/C12H13FN4O2S/c1-2-14-4-3-11-15-16-12(20-11)8-5-9(13)7-10(6-8)17(18)19/h5-7,14H,2-4H2,1H3. The number of nitro groups is 1. The van der Waals surface area contributed by atoms with Gasteiger partial charge in [-0.25, -0.2) is 4.39 Å². The molecule has 0 bridgehead atoms. The molecule has 1 heterocycles. The van der Waals surface area contributed by atoms with Crippen LogP contribution in [0.4, 0.5) is 10.1 Å². The van der Waals surface area contributed by atoms with Crippen molar-refractivity contribution in [1.29, 1.82) is 0 Å². The number of nitro benzene ring substituents is 1. The van der Waals surface area contributed by atoms with Crippen molar-refractivity contribution in [3.8, 4) is 10.6 Å². The number of aromatic nitrogens is 2. The fraction of sp³-hybridized carbons (Fsp3) is 0.333. The van der Waals surface area contributed by atoms with Gasteiger partial charge in [-0.3, -0.25) is 10.1 Å². The topological polar surface area (TPSA) is 81.0 Å². The number of halogens is 1. The van der Waals surface area contributed by atoms with Gasteiger partial charge < -0.3 is 5.32 Å². The number of hydrogen-bond acceptors (Lipinski definition) is 6. The zero-order chi connectivity index (χ0) is 14.5. The Kier molecular flexibility index (Phi) is 4.70. The molecule has 0 aliphatic carbocycles. The molecule has 0 saturated carbocycles. The SMILES string of the molecule is CCNCCc1nnc(-c2cc(F)cc([N+](=O)[O-])c2)s1. The van der Waals surface area contributed by atoms with Gasteiger partial charge in [0.15, 0.2) is 0 Å². The Hall–Kier alpha value is -1.93. The van der Waals surface area contributed by atoms with E-state index >= 15 is 0 Å². The first-order valence-corrected chi connectivity index (χ1v) is 6.90. The molecule has 20 heavy (non-hydrogen) atoms. The van der Waals surface area contributed by atoms with Gasteiger partial charge in [-0.1, -0.05) is 18.3 Å². The van der Waals surface area contributed by atoms with Crippen LogP contribution in [0.5, 0.6) is 0 Å². The van der Waals surface area contributed by atoms with Crippen LogP contribution in [0.2, 0.25) is 0 Å². The summed E-state index contributed by atoms with van der Waals surface area (Å²) in [5.74, 6) is -0.654. The van der Waals surface area contributed by atoms with Crippen molar-refractivity contribution < 1.29 is 9.31 Å². The number of nitrogens with one attached hydrogen (secondary N) is 1. The van der Waals surface area contributed by atoms with E-state index in [2.05, 4.69) is 15.5 Å². The lowest BCUT2D eigenvalue weighted by Gasteiger charge is -1.97. The number of rotatable bonds is 6. The van der Waals surface area contributed by atoms with Gasteiger partial charge in [-0.2, -0.15) is 0 Å². The van der Waals surface area contributed by atoms with Crippen LogP contribution >= 0.6 is 11.3 Å². The van der Waals surface area contributed by atoms with Crippen LogP contribution in [0.15, 0.2) is 18.2 Å². The Morgan fingerprint density at radius 3 is 2.90 bits per heavy atom. The minimum atomic E-state index is -0.654. The summed E-state index contributed by atoms with van der Waals surface area (Å²) in [4.78, 5) is 10.1. The van der Waals surface area contributed by atoms with E-state index in [1.807, 2.05) is 6.92 Å². The molecule has 2 aromatic rings. The molecule has 106 valence electrons. The highest BCUT2D eigenvalue weighted by Crippen LogP contribution is 2.28. The first kappa shape index (κ1) is 14.5. The van der Waals surface area contributed by atoms with Crippen molar-refractivity contribution in [1.82, 2.24) is 15.5 Å². The highest BCUT2D eigenvalue weighted by molar-refractivity contribution is 7.14. The zero-order valence-electron chi connectivity index (χ0n) is 10.8. The largest absolute Gasteiger partial charge is 0.317 e. The van der Waals surface area contributed by atoms with Crippen molar-refractivity contribution in [2.24, 2.45) is 0 Å². The summed E-state index contributed by atoms with van der Waals surface area (Å²) in [5.41, 5.74) is 0.0910. The molecule has 8 heteroatoms. The van der Waals surface area contributed by atoms with E-state index in [4.69, 9.17) is 0 Å². The highest BCUT2D eigenvalue weighted by atomic mass is 32.1. The maximum absolute atomic E-state index is 13.4. The molecule has 0 unspecified atom stereocenters. The molecular formula is C12H13FN4O2S. The maximum Gasteiger partial charge on any atom is 0.273 e. The predicted octanol–water partition coefficient (Wildman–Crippen LogP) is 2.40. The third-order valence-electron chi connectivity index (χ3n) is 2.57. The van der Waals surface area contributed by atoms with Crippen molar-refractivity contribution in [2.45, 2.75) is 13.3 Å². The van der Waals surface area contributed by atoms with Crippen molar-refractivity contribution in [3.63, 3.8) is 0 Å². The molecular weight excluding hydrogens is 283 g/mol. The molecule has 0 spiro atoms. The summed E-state index contributed by atoms with van der Waals surface area (Å²) in [6.45, 7) is 3.67. The number of non-ortho nitro benzene ring substituents is 1. The Morgan fingerprint density at radius 1 is 1.40 bits per heavy atom. The van der Waals surface area contributed by atoms with Crippen LogP contribution in [0.1, 0.15) is 11.9 Å². The van der Waals surface area contributed by atoms with Gasteiger partial charge in [0.25, 0.3) is 5.69 Å². The lowest BCUT2D eigenvalue weighted by molar-refractivity contribution is -0.385. The van der Waals surface area contributed by atoms with Crippen LogP contribution < -0.4 is 5.32 Å². The van der Waals surface area contributed by atoms with E-state index in [1.54, 1.807) is 0 Å². The van der Waals surface area contributed by atoms with Crippen molar-refractivity contribution >= 4 is 17.0 Å². The van der Waals surface area contributed by atoms with Gasteiger partial charge in [0.2, 0.25) is 0 Å². The fourth-order valence-corrected chi connectivity index (χ4v) is 2.47. The Balaban J connectivity index is 2.21. The second kappa shape index (κ2) is 6.49. The average molecular weight is 296 g/mol. The normalized spacial score (nSPS) is 10.7. The van der Waals surface area contributed by atoms with Crippen LogP contribution in [0.3, 0.4) is 0 Å². The first-order valence-electron chi connectivity index (χ1n) is 6.08. The van der Waals surface area contributed by atoms with Crippen LogP contribution in [-0.4, -0.2) is 28.2 Å². The van der Waals surface area contributed by atoms with E-state index in [9.17, 15) is 14.5 Å². The highest BCUT2D eigenvalue weighted by Gasteiger charge is 2.14. The summed E-state index contributed by atoms with van der Waals surface area (Å²) >= 11 is 1.31. The van der Waals surface area contributed by atoms with E-state index in [-0.39, 0.29) is 5.69 Å². The number of hydrogen-bond donors (Lipinski definition) is 1. The van der Waals surface area contributed by atoms with Gasteiger partial charge >= 0.3 is 0 Å². The monoisotopic (exact) mass is 296 g/mol. The Labute approximate surface area is 118 Å². The summed E-state index contributed by atoms with van der Waals surface area (Å²) in [5, 5.41) is 23.1. The number of likely N-dealkylation sites (N-methyl/N-ethyl adjacent to an activating group) is 1. The smallest absolute Gasteiger partial charge is 0.273 e. The second-order valence-electron chi connectivity index (χ2n) is 4.06. The number of benzene rings is 1. The maximum atomic E-state index is 13.4. The quantitative estimate of drug-likeness (QED) is 0.503. The predicted molar refractivity (Wildman–Crippen MR) is 74.2 cm³/mol. The van der Waals surface area contributed by atoms with Crippen LogP contribution in [0, 0.1) is 15.9 Å². The minimum absolute atomic E-state index is 0.288. The molecule has 1 N–H and O–H groups in total. The molecule has 0 atom stereocenters. The van der Waals surface area contributed by atoms with Gasteiger partial charge in [0.1, 0.15) is 15.8 Å². The fourth-order valence-electron chi connectivity index (χ4n) is 1.65. The molecule has 0 radical (unpaired) electrons. The molecule has 6 nitrogen and oxygen atoms in total. The first-order chi connectivity index (χ1) is 9.60. The third kappa shape index (κ3) is 3.55. The van der Waals surface area contributed by atoms with E-state index in [0.29, 0.717) is 10.6 Å². The summed E-state index contributed by atoms with van der Waals surface area (Å²) in [6, 6.07) is 3.41. The molecule has 1 aromatic carbocycles. The van der Waals surface area contributed by atoms with Gasteiger partial charge in [-0.05, 0) is 12.6 Å². The summed E-state index contributed by atoms with van der Waals surface area (Å²) in [7, 11) is 0. The Morgan fingerprint density at radius 2 is 2.20 bits per heavy atom. The van der Waals surface area contributed by atoms with Gasteiger partial charge in [0.05, 0.1) is 11.0 Å². The summed E-state index contributed by atoms with van der Waals surface area (Å²) < 4.78 is 13.4. The number of nitrogens with zero attached hydrogens (tertiary/aromatic N) is 3. The molecule has 0 aliphatic heterocycles. The second-order valence-corrected chi connectivity index (χ2v) is 5.12. The third-order valence-corrected chi connectivity index (χ3v) is 3.60. The molecule has 1 aromatic heterocycles. The molecule has 2 rings (SSSR count). The average Bonchev–Trinajstić information content (AvgIpc) is 2.87. The molecule has 0 amide bonds. The zero-order valence-corrected chi connectivity index (χ0v) is 11.6. The van der Waals surface area contributed by atoms with Crippen LogP contribution in [-0.2, 0) is 6.42 Å². The van der Waals surface area contributed by atoms with Crippen LogP contribution in [0.25, 0.3) is 10.6 Å². The molecule has 0 fully saturated rings. The summed E-state index contributed by atoms with van der Waals surface area (Å²) in [6.07, 6.45) is 0.725. The van der Waals surface area contributed by atoms with Gasteiger partial charge in [0, 0.05) is 24.6 Å². The lowest BCUT2D eigenvalue weighted by Crippen LogP contribution is -2.15. The lowest BCUT2D eigenvalue weighted by atomic mass is 10.2. The van der Waals surface area contributed by atoms with E-state index < -0.39 is 10.7 Å². The minimum Gasteiger partial charge on any atom is -0.317 e. The van der Waals surface area contributed by atoms with Gasteiger partial charge in [-0.15, -0.1) is 10.2 Å². The van der Waals surface area contributed by atoms with E-state index in [0.717, 1.165) is 30.6 Å². The van der Waals surface area contributed by atoms with Crippen molar-refractivity contribution in [2.75, 3.05) is 13.1 Å². The Bertz CT molecular complexity index is 617. The van der Waals surface area contributed by atoms with Crippen molar-refractivity contribution in [3.05, 3.63) is 39.1 Å². The molecule has 0 aliphatic rings.